The highest BCUT2D eigenvalue weighted by Crippen LogP contribution is 2.25. The Morgan fingerprint density at radius 2 is 2.11 bits per heavy atom. The lowest BCUT2D eigenvalue weighted by Gasteiger charge is -2.10. The smallest absolute Gasteiger partial charge is 0.409 e. The number of hydrogen-bond acceptors (Lipinski definition) is 5. The molecule has 0 bridgehead atoms. The second-order valence-electron chi connectivity index (χ2n) is 6.31. The summed E-state index contributed by atoms with van der Waals surface area (Å²) in [5.74, 6) is 0.330. The number of hydrogen-bond donors (Lipinski definition) is 2. The van der Waals surface area contributed by atoms with E-state index in [2.05, 4.69) is 20.3 Å². The summed E-state index contributed by atoms with van der Waals surface area (Å²) >= 11 is 0. The van der Waals surface area contributed by atoms with Gasteiger partial charge in [0.15, 0.2) is 5.75 Å². The number of carbonyl (C=O) groups excluding carboxylic acids is 1. The Balaban J connectivity index is 1.66. The lowest BCUT2D eigenvalue weighted by molar-refractivity contribution is 0.200. The van der Waals surface area contributed by atoms with Crippen LogP contribution in [0.1, 0.15) is 23.9 Å². The third-order valence-electron chi connectivity index (χ3n) is 4.31. The standard InChI is InChI=1S/C21H22N4O3/c1-3-15-11-19(14(2)25-20(15)26)16-10-18(13-22-12-16)28-21(27)24-9-7-17-6-4-5-8-23-17/h4-6,8,10-13H,3,7,9H2,1-2H3,(H,24,27)(H,25,26). The van der Waals surface area contributed by atoms with E-state index in [9.17, 15) is 9.59 Å². The second-order valence-corrected chi connectivity index (χ2v) is 6.31. The van der Waals surface area contributed by atoms with E-state index in [1.54, 1.807) is 18.5 Å². The second kappa shape index (κ2) is 8.94. The maximum Gasteiger partial charge on any atom is 0.412 e. The van der Waals surface area contributed by atoms with Crippen LogP contribution in [0.4, 0.5) is 4.79 Å². The van der Waals surface area contributed by atoms with Crippen LogP contribution in [-0.4, -0.2) is 27.6 Å². The van der Waals surface area contributed by atoms with Crippen LogP contribution in [0.2, 0.25) is 0 Å². The first-order valence-electron chi connectivity index (χ1n) is 9.10. The molecule has 3 rings (SSSR count). The summed E-state index contributed by atoms with van der Waals surface area (Å²) in [5.41, 5.74) is 3.86. The molecule has 2 N–H and O–H groups in total. The van der Waals surface area contributed by atoms with E-state index in [1.165, 1.54) is 6.20 Å². The van der Waals surface area contributed by atoms with Gasteiger partial charge in [-0.1, -0.05) is 13.0 Å². The fraction of sp³-hybridized carbons (Fsp3) is 0.238. The Bertz CT molecular complexity index is 1020. The summed E-state index contributed by atoms with van der Waals surface area (Å²) in [5, 5.41) is 2.70. The Morgan fingerprint density at radius 1 is 1.25 bits per heavy atom. The molecule has 3 aromatic heterocycles. The molecule has 0 atom stereocenters. The summed E-state index contributed by atoms with van der Waals surface area (Å²) in [6.45, 7) is 4.17. The molecular formula is C21H22N4O3. The number of aromatic nitrogens is 3. The number of H-pyrrole nitrogens is 1. The minimum Gasteiger partial charge on any atom is -0.409 e. The van der Waals surface area contributed by atoms with Crippen molar-refractivity contribution in [3.8, 4) is 16.9 Å². The average Bonchev–Trinajstić information content (AvgIpc) is 2.69. The molecule has 0 fully saturated rings. The zero-order chi connectivity index (χ0) is 19.9. The zero-order valence-electron chi connectivity index (χ0n) is 15.9. The van der Waals surface area contributed by atoms with Crippen molar-refractivity contribution in [1.82, 2.24) is 20.3 Å². The fourth-order valence-electron chi connectivity index (χ4n) is 2.83. The topological polar surface area (TPSA) is 97.0 Å². The number of rotatable bonds is 6. The number of nitrogens with one attached hydrogen (secondary N) is 2. The number of ether oxygens (including phenoxy) is 1. The van der Waals surface area contributed by atoms with Gasteiger partial charge in [0.2, 0.25) is 0 Å². The van der Waals surface area contributed by atoms with Crippen LogP contribution < -0.4 is 15.6 Å². The summed E-state index contributed by atoms with van der Waals surface area (Å²) in [7, 11) is 0. The van der Waals surface area contributed by atoms with Crippen molar-refractivity contribution in [2.75, 3.05) is 6.54 Å². The van der Waals surface area contributed by atoms with Gasteiger partial charge in [-0.2, -0.15) is 0 Å². The maximum atomic E-state index is 12.0. The molecule has 0 aliphatic carbocycles. The van der Waals surface area contributed by atoms with E-state index < -0.39 is 6.09 Å². The molecule has 0 aliphatic heterocycles. The van der Waals surface area contributed by atoms with Crippen LogP contribution in [0, 0.1) is 6.92 Å². The van der Waals surface area contributed by atoms with Crippen LogP contribution >= 0.6 is 0 Å². The van der Waals surface area contributed by atoms with E-state index in [0.29, 0.717) is 30.7 Å². The number of pyridine rings is 3. The van der Waals surface area contributed by atoms with Gasteiger partial charge in [0.05, 0.1) is 6.20 Å². The Kier molecular flexibility index (Phi) is 6.16. The van der Waals surface area contributed by atoms with Gasteiger partial charge >= 0.3 is 6.09 Å². The minimum atomic E-state index is -0.553. The van der Waals surface area contributed by atoms with Crippen LogP contribution in [0.5, 0.6) is 5.75 Å². The van der Waals surface area contributed by atoms with Crippen LogP contribution in [0.15, 0.2) is 53.7 Å². The number of carbonyl (C=O) groups is 1. The van der Waals surface area contributed by atoms with Crippen LogP contribution in [-0.2, 0) is 12.8 Å². The van der Waals surface area contributed by atoms with Crippen LogP contribution in [0.25, 0.3) is 11.1 Å². The lowest BCUT2D eigenvalue weighted by Crippen LogP contribution is -2.28. The van der Waals surface area contributed by atoms with E-state index in [0.717, 1.165) is 22.5 Å². The Morgan fingerprint density at radius 3 is 2.86 bits per heavy atom. The van der Waals surface area contributed by atoms with Crippen LogP contribution in [0.3, 0.4) is 0 Å². The summed E-state index contributed by atoms with van der Waals surface area (Å²) < 4.78 is 5.33. The molecule has 1 amide bonds. The Hall–Kier alpha value is -3.48. The summed E-state index contributed by atoms with van der Waals surface area (Å²) in [6.07, 6.45) is 5.56. The lowest BCUT2D eigenvalue weighted by atomic mass is 10.0. The van der Waals surface area contributed by atoms with Crippen molar-refractivity contribution in [2.45, 2.75) is 26.7 Å². The molecule has 0 unspecified atom stereocenters. The number of amides is 1. The molecule has 3 aromatic rings. The fourth-order valence-corrected chi connectivity index (χ4v) is 2.83. The average molecular weight is 378 g/mol. The van der Waals surface area contributed by atoms with Gasteiger partial charge in [0.1, 0.15) is 0 Å². The first-order chi connectivity index (χ1) is 13.6. The minimum absolute atomic E-state index is 0.0867. The molecule has 0 radical (unpaired) electrons. The third-order valence-corrected chi connectivity index (χ3v) is 4.31. The van der Waals surface area contributed by atoms with Gasteiger partial charge in [-0.15, -0.1) is 0 Å². The van der Waals surface area contributed by atoms with Crippen molar-refractivity contribution < 1.29 is 9.53 Å². The molecule has 7 heteroatoms. The SMILES string of the molecule is CCc1cc(-c2cncc(OC(=O)NCCc3ccccn3)c2)c(C)[nH]c1=O. The molecular weight excluding hydrogens is 356 g/mol. The molecule has 3 heterocycles. The number of aromatic amines is 1. The summed E-state index contributed by atoms with van der Waals surface area (Å²) in [6, 6.07) is 9.23. The van der Waals surface area contributed by atoms with Gasteiger partial charge in [0, 0.05) is 53.4 Å². The van der Waals surface area contributed by atoms with Gasteiger partial charge in [-0.05, 0) is 37.6 Å². The summed E-state index contributed by atoms with van der Waals surface area (Å²) in [4.78, 5) is 35.2. The van der Waals surface area contributed by atoms with E-state index in [4.69, 9.17) is 4.74 Å². The predicted octanol–water partition coefficient (Wildman–Crippen LogP) is 3.03. The highest BCUT2D eigenvalue weighted by molar-refractivity contribution is 5.72. The van der Waals surface area contributed by atoms with Crippen molar-refractivity contribution in [1.29, 1.82) is 0 Å². The molecule has 0 aliphatic rings. The predicted molar refractivity (Wildman–Crippen MR) is 106 cm³/mol. The van der Waals surface area contributed by atoms with Gasteiger partial charge < -0.3 is 15.0 Å². The third kappa shape index (κ3) is 4.82. The van der Waals surface area contributed by atoms with Crippen molar-refractivity contribution in [3.05, 3.63) is 76.2 Å². The van der Waals surface area contributed by atoms with E-state index >= 15 is 0 Å². The quantitative estimate of drug-likeness (QED) is 0.687. The first kappa shape index (κ1) is 19.3. The first-order valence-corrected chi connectivity index (χ1v) is 9.10. The highest BCUT2D eigenvalue weighted by atomic mass is 16.6. The highest BCUT2D eigenvalue weighted by Gasteiger charge is 2.10. The van der Waals surface area contributed by atoms with E-state index in [-0.39, 0.29) is 5.56 Å². The molecule has 28 heavy (non-hydrogen) atoms. The zero-order valence-corrected chi connectivity index (χ0v) is 15.9. The number of aryl methyl sites for hydroxylation is 2. The normalized spacial score (nSPS) is 10.5. The molecule has 7 nitrogen and oxygen atoms in total. The largest absolute Gasteiger partial charge is 0.412 e. The molecule has 0 aromatic carbocycles. The number of nitrogens with zero attached hydrogens (tertiary/aromatic N) is 2. The molecule has 0 spiro atoms. The van der Waals surface area contributed by atoms with Gasteiger partial charge in [0.25, 0.3) is 5.56 Å². The van der Waals surface area contributed by atoms with Crippen molar-refractivity contribution in [3.63, 3.8) is 0 Å². The van der Waals surface area contributed by atoms with Crippen molar-refractivity contribution in [2.24, 2.45) is 0 Å². The maximum absolute atomic E-state index is 12.0. The Labute approximate surface area is 162 Å². The monoisotopic (exact) mass is 378 g/mol. The van der Waals surface area contributed by atoms with Gasteiger partial charge in [-0.3, -0.25) is 14.8 Å². The molecule has 144 valence electrons. The van der Waals surface area contributed by atoms with E-state index in [1.807, 2.05) is 38.1 Å². The molecule has 0 saturated carbocycles. The van der Waals surface area contributed by atoms with Gasteiger partial charge in [-0.25, -0.2) is 4.79 Å². The molecule has 0 saturated heterocycles. The van der Waals surface area contributed by atoms with Crippen molar-refractivity contribution >= 4 is 6.09 Å².